The van der Waals surface area contributed by atoms with Crippen molar-refractivity contribution < 1.29 is 19.1 Å². The fourth-order valence-corrected chi connectivity index (χ4v) is 4.45. The van der Waals surface area contributed by atoms with Crippen LogP contribution in [0.4, 0.5) is 5.69 Å². The number of hydrogen-bond acceptors (Lipinski definition) is 5. The zero-order valence-electron chi connectivity index (χ0n) is 16.6. The number of carbonyl (C=O) groups excluding carboxylic acids is 3. The Morgan fingerprint density at radius 3 is 2.60 bits per heavy atom. The molecule has 2 fully saturated rings. The van der Waals surface area contributed by atoms with Crippen LogP contribution in [0.25, 0.3) is 0 Å². The Bertz CT molecular complexity index is 901. The minimum Gasteiger partial charge on any atom is -0.368 e. The fraction of sp³-hybridized carbons (Fsp3) is 0.409. The van der Waals surface area contributed by atoms with Gasteiger partial charge in [-0.3, -0.25) is 14.4 Å². The number of nitrogens with zero attached hydrogens (tertiary/aromatic N) is 1. The van der Waals surface area contributed by atoms with Gasteiger partial charge in [-0.15, -0.1) is 0 Å². The number of carbonyl (C=O) groups is 3. The fourth-order valence-electron chi connectivity index (χ4n) is 3.81. The zero-order valence-corrected chi connectivity index (χ0v) is 17.5. The molecule has 1 aromatic carbocycles. The van der Waals surface area contributed by atoms with Gasteiger partial charge in [0.1, 0.15) is 6.10 Å². The molecule has 2 saturated heterocycles. The van der Waals surface area contributed by atoms with E-state index >= 15 is 0 Å². The molecule has 7 nitrogen and oxygen atoms in total. The monoisotopic (exact) mass is 427 g/mol. The number of anilines is 1. The topological polar surface area (TPSA) is 87.7 Å². The van der Waals surface area contributed by atoms with Crippen LogP contribution in [-0.2, 0) is 9.53 Å². The quantitative estimate of drug-likeness (QED) is 0.768. The minimum absolute atomic E-state index is 0.0595. The van der Waals surface area contributed by atoms with E-state index < -0.39 is 6.10 Å². The van der Waals surface area contributed by atoms with E-state index in [1.165, 1.54) is 11.3 Å². The number of ether oxygens (including phenoxy) is 1. The summed E-state index contributed by atoms with van der Waals surface area (Å²) in [6.07, 6.45) is 2.64. The van der Waals surface area contributed by atoms with Crippen LogP contribution in [0.2, 0.25) is 0 Å². The molecule has 2 aliphatic heterocycles. The second kappa shape index (κ2) is 9.40. The Labute approximate surface area is 179 Å². The smallest absolute Gasteiger partial charge is 0.253 e. The van der Waals surface area contributed by atoms with E-state index in [9.17, 15) is 14.4 Å². The van der Waals surface area contributed by atoms with E-state index in [0.717, 1.165) is 25.7 Å². The molecule has 2 aliphatic rings. The number of amides is 3. The Morgan fingerprint density at radius 2 is 1.90 bits per heavy atom. The van der Waals surface area contributed by atoms with Crippen molar-refractivity contribution in [2.75, 3.05) is 25.0 Å². The highest BCUT2D eigenvalue weighted by Crippen LogP contribution is 2.19. The van der Waals surface area contributed by atoms with Crippen LogP contribution in [0, 0.1) is 0 Å². The second-order valence-electron chi connectivity index (χ2n) is 7.62. The summed E-state index contributed by atoms with van der Waals surface area (Å²) >= 11 is 1.50. The van der Waals surface area contributed by atoms with Crippen LogP contribution in [0.15, 0.2) is 41.1 Å². The van der Waals surface area contributed by atoms with E-state index in [4.69, 9.17) is 4.74 Å². The van der Waals surface area contributed by atoms with Crippen molar-refractivity contribution >= 4 is 34.7 Å². The van der Waals surface area contributed by atoms with Gasteiger partial charge in [0, 0.05) is 47.9 Å². The molecule has 2 N–H and O–H groups in total. The van der Waals surface area contributed by atoms with Crippen LogP contribution in [0.3, 0.4) is 0 Å². The van der Waals surface area contributed by atoms with Crippen molar-refractivity contribution in [3.05, 3.63) is 52.2 Å². The summed E-state index contributed by atoms with van der Waals surface area (Å²) in [6, 6.07) is 8.89. The van der Waals surface area contributed by atoms with Gasteiger partial charge in [0.25, 0.3) is 17.7 Å². The molecular weight excluding hydrogens is 402 g/mol. The van der Waals surface area contributed by atoms with Crippen molar-refractivity contribution in [1.82, 2.24) is 10.2 Å². The van der Waals surface area contributed by atoms with Gasteiger partial charge in [-0.05, 0) is 55.3 Å². The summed E-state index contributed by atoms with van der Waals surface area (Å²) in [4.78, 5) is 39.2. The lowest BCUT2D eigenvalue weighted by Crippen LogP contribution is -2.46. The molecule has 1 aromatic heterocycles. The van der Waals surface area contributed by atoms with Gasteiger partial charge in [-0.25, -0.2) is 0 Å². The van der Waals surface area contributed by atoms with Crippen molar-refractivity contribution in [2.24, 2.45) is 0 Å². The van der Waals surface area contributed by atoms with Crippen LogP contribution in [0.5, 0.6) is 0 Å². The molecule has 4 rings (SSSR count). The van der Waals surface area contributed by atoms with Gasteiger partial charge in [0.05, 0.1) is 0 Å². The van der Waals surface area contributed by atoms with Crippen LogP contribution < -0.4 is 10.6 Å². The average Bonchev–Trinajstić information content (AvgIpc) is 3.48. The summed E-state index contributed by atoms with van der Waals surface area (Å²) in [7, 11) is 0. The number of nitrogens with one attached hydrogen (secondary N) is 2. The number of benzene rings is 1. The van der Waals surface area contributed by atoms with Crippen molar-refractivity contribution in [1.29, 1.82) is 0 Å². The zero-order chi connectivity index (χ0) is 20.9. The van der Waals surface area contributed by atoms with Crippen LogP contribution in [0.1, 0.15) is 46.4 Å². The molecule has 158 valence electrons. The van der Waals surface area contributed by atoms with E-state index in [-0.39, 0.29) is 23.8 Å². The Kier molecular flexibility index (Phi) is 6.44. The number of thiophene rings is 1. The van der Waals surface area contributed by atoms with Crippen LogP contribution in [-0.4, -0.2) is 54.5 Å². The van der Waals surface area contributed by atoms with Crippen molar-refractivity contribution in [3.8, 4) is 0 Å². The van der Waals surface area contributed by atoms with Crippen LogP contribution >= 0.6 is 11.3 Å². The highest BCUT2D eigenvalue weighted by Gasteiger charge is 2.26. The molecule has 2 aromatic rings. The van der Waals surface area contributed by atoms with E-state index in [1.54, 1.807) is 29.2 Å². The molecule has 30 heavy (non-hydrogen) atoms. The van der Waals surface area contributed by atoms with Gasteiger partial charge >= 0.3 is 0 Å². The molecule has 8 heteroatoms. The first-order valence-corrected chi connectivity index (χ1v) is 11.2. The summed E-state index contributed by atoms with van der Waals surface area (Å²) in [6.45, 7) is 1.78. The lowest BCUT2D eigenvalue weighted by Gasteiger charge is -2.32. The highest BCUT2D eigenvalue weighted by molar-refractivity contribution is 7.08. The van der Waals surface area contributed by atoms with Gasteiger partial charge in [-0.1, -0.05) is 6.07 Å². The maximum Gasteiger partial charge on any atom is 0.253 e. The third-order valence-corrected chi connectivity index (χ3v) is 6.18. The summed E-state index contributed by atoms with van der Waals surface area (Å²) in [5, 5.41) is 9.61. The standard InChI is InChI=1S/C22H25N3O4S/c26-20(16-8-12-30-14-16)23-17-6-9-25(10-7-17)22(28)15-3-1-4-18(13-15)24-21(27)19-5-2-11-29-19/h1,3-4,8,12-14,17,19H,2,5-7,9-11H2,(H,23,26)(H,24,27). The molecular formula is C22H25N3O4S. The van der Waals surface area contributed by atoms with Crippen molar-refractivity contribution in [3.63, 3.8) is 0 Å². The normalized spacial score (nSPS) is 19.5. The SMILES string of the molecule is O=C(NC1CCN(C(=O)c2cccc(NC(=O)C3CCCO3)c2)CC1)c1ccsc1. The first-order chi connectivity index (χ1) is 14.6. The van der Waals surface area contributed by atoms with E-state index in [1.807, 2.05) is 16.8 Å². The minimum atomic E-state index is -0.410. The number of hydrogen-bond donors (Lipinski definition) is 2. The first-order valence-electron chi connectivity index (χ1n) is 10.2. The highest BCUT2D eigenvalue weighted by atomic mass is 32.1. The maximum absolute atomic E-state index is 12.9. The van der Waals surface area contributed by atoms with E-state index in [0.29, 0.717) is 36.5 Å². The molecule has 0 radical (unpaired) electrons. The Morgan fingerprint density at radius 1 is 1.07 bits per heavy atom. The van der Waals surface area contributed by atoms with E-state index in [2.05, 4.69) is 10.6 Å². The van der Waals surface area contributed by atoms with Crippen molar-refractivity contribution in [2.45, 2.75) is 37.8 Å². The van der Waals surface area contributed by atoms with Gasteiger partial charge < -0.3 is 20.3 Å². The second-order valence-corrected chi connectivity index (χ2v) is 8.40. The molecule has 0 bridgehead atoms. The predicted octanol–water partition coefficient (Wildman–Crippen LogP) is 2.90. The van der Waals surface area contributed by atoms with Gasteiger partial charge in [0.15, 0.2) is 0 Å². The third-order valence-electron chi connectivity index (χ3n) is 5.50. The number of piperidine rings is 1. The number of rotatable bonds is 5. The summed E-state index contributed by atoms with van der Waals surface area (Å²) in [5.74, 6) is -0.291. The lowest BCUT2D eigenvalue weighted by molar-refractivity contribution is -0.124. The number of likely N-dealkylation sites (tertiary alicyclic amines) is 1. The Balaban J connectivity index is 1.30. The molecule has 0 spiro atoms. The first kappa shape index (κ1) is 20.6. The molecule has 1 unspecified atom stereocenters. The lowest BCUT2D eigenvalue weighted by atomic mass is 10.0. The molecule has 3 amide bonds. The maximum atomic E-state index is 12.9. The largest absolute Gasteiger partial charge is 0.368 e. The third kappa shape index (κ3) is 4.88. The van der Waals surface area contributed by atoms with Gasteiger partial charge in [0.2, 0.25) is 0 Å². The predicted molar refractivity (Wildman–Crippen MR) is 115 cm³/mol. The van der Waals surface area contributed by atoms with Gasteiger partial charge in [-0.2, -0.15) is 11.3 Å². The summed E-state index contributed by atoms with van der Waals surface area (Å²) < 4.78 is 5.40. The Hall–Kier alpha value is -2.71. The molecule has 0 saturated carbocycles. The molecule has 0 aliphatic carbocycles. The average molecular weight is 428 g/mol. The molecule has 3 heterocycles. The molecule has 1 atom stereocenters. The summed E-state index contributed by atoms with van der Waals surface area (Å²) in [5.41, 5.74) is 1.82.